The molecule has 0 bridgehead atoms. The van der Waals surface area contributed by atoms with Crippen LogP contribution in [0.3, 0.4) is 0 Å². The molecule has 110 valence electrons. The molecule has 1 N–H and O–H groups in total. The number of rotatable bonds is 6. The van der Waals surface area contributed by atoms with Crippen molar-refractivity contribution in [1.82, 2.24) is 9.97 Å². The number of anilines is 1. The fourth-order valence-electron chi connectivity index (χ4n) is 1.76. The minimum atomic E-state index is -0.448. The van der Waals surface area contributed by atoms with Crippen LogP contribution in [0.15, 0.2) is 30.6 Å². The van der Waals surface area contributed by atoms with Crippen molar-refractivity contribution in [2.24, 2.45) is 0 Å². The fraction of sp³-hybridized carbons (Fsp3) is 0.286. The van der Waals surface area contributed by atoms with Crippen molar-refractivity contribution < 1.29 is 9.66 Å². The van der Waals surface area contributed by atoms with Crippen LogP contribution in [0.2, 0.25) is 0 Å². The molecule has 0 unspecified atom stereocenters. The van der Waals surface area contributed by atoms with E-state index in [-0.39, 0.29) is 5.69 Å². The Hall–Kier alpha value is -2.70. The Morgan fingerprint density at radius 1 is 1.33 bits per heavy atom. The van der Waals surface area contributed by atoms with Crippen molar-refractivity contribution in [3.8, 4) is 17.0 Å². The second-order valence-corrected chi connectivity index (χ2v) is 4.36. The first kappa shape index (κ1) is 14.7. The smallest absolute Gasteiger partial charge is 0.275 e. The number of hydrogen-bond donors (Lipinski definition) is 1. The first-order valence-corrected chi connectivity index (χ1v) is 6.56. The van der Waals surface area contributed by atoms with Gasteiger partial charge in [0.15, 0.2) is 0 Å². The lowest BCUT2D eigenvalue weighted by atomic mass is 10.1. The van der Waals surface area contributed by atoms with Gasteiger partial charge in [0.2, 0.25) is 0 Å². The van der Waals surface area contributed by atoms with E-state index >= 15 is 0 Å². The zero-order valence-corrected chi connectivity index (χ0v) is 11.9. The largest absolute Gasteiger partial charge is 0.492 e. The second-order valence-electron chi connectivity index (χ2n) is 4.36. The molecule has 2 aromatic rings. The van der Waals surface area contributed by atoms with Gasteiger partial charge in [0.25, 0.3) is 5.69 Å². The van der Waals surface area contributed by atoms with Gasteiger partial charge < -0.3 is 10.1 Å². The van der Waals surface area contributed by atoms with Crippen LogP contribution in [0.1, 0.15) is 13.3 Å². The predicted molar refractivity (Wildman–Crippen MR) is 79.5 cm³/mol. The van der Waals surface area contributed by atoms with E-state index in [0.29, 0.717) is 29.4 Å². The van der Waals surface area contributed by atoms with Gasteiger partial charge >= 0.3 is 0 Å². The van der Waals surface area contributed by atoms with Crippen LogP contribution >= 0.6 is 0 Å². The number of ether oxygens (including phenoxy) is 1. The van der Waals surface area contributed by atoms with E-state index < -0.39 is 4.92 Å². The molecule has 0 atom stereocenters. The van der Waals surface area contributed by atoms with Gasteiger partial charge in [-0.2, -0.15) is 0 Å². The Morgan fingerprint density at radius 3 is 2.81 bits per heavy atom. The number of pyridine rings is 2. The van der Waals surface area contributed by atoms with Crippen LogP contribution in [0.4, 0.5) is 11.5 Å². The topological polar surface area (TPSA) is 90.2 Å². The molecule has 7 heteroatoms. The highest BCUT2D eigenvalue weighted by atomic mass is 16.6. The average molecular weight is 288 g/mol. The summed E-state index contributed by atoms with van der Waals surface area (Å²) in [6, 6.07) is 4.57. The van der Waals surface area contributed by atoms with Crippen molar-refractivity contribution in [3.63, 3.8) is 0 Å². The summed E-state index contributed by atoms with van der Waals surface area (Å²) in [6.45, 7) is 2.61. The number of nitrogens with zero attached hydrogens (tertiary/aromatic N) is 3. The number of hydrogen-bond acceptors (Lipinski definition) is 6. The standard InChI is InChI=1S/C14H16N4O3/c1-3-4-21-12-5-10(8-16-9-12)13-6-11(18(19)20)7-14(15-2)17-13/h5-9H,3-4H2,1-2H3,(H,15,17). The third-order valence-corrected chi connectivity index (χ3v) is 2.76. The van der Waals surface area contributed by atoms with Crippen molar-refractivity contribution in [2.45, 2.75) is 13.3 Å². The average Bonchev–Trinajstić information content (AvgIpc) is 2.52. The molecule has 0 aliphatic carbocycles. The lowest BCUT2D eigenvalue weighted by Gasteiger charge is -2.07. The Balaban J connectivity index is 2.40. The van der Waals surface area contributed by atoms with Gasteiger partial charge in [-0.15, -0.1) is 0 Å². The molecule has 2 rings (SSSR count). The Labute approximate surface area is 122 Å². The second kappa shape index (κ2) is 6.65. The highest BCUT2D eigenvalue weighted by molar-refractivity contribution is 5.65. The predicted octanol–water partition coefficient (Wildman–Crippen LogP) is 2.88. The van der Waals surface area contributed by atoms with E-state index in [9.17, 15) is 10.1 Å². The van der Waals surface area contributed by atoms with Crippen LogP contribution in [0, 0.1) is 10.1 Å². The Morgan fingerprint density at radius 2 is 2.14 bits per heavy atom. The minimum Gasteiger partial charge on any atom is -0.492 e. The summed E-state index contributed by atoms with van der Waals surface area (Å²) in [5.74, 6) is 1.05. The number of nitrogens with one attached hydrogen (secondary N) is 1. The molecule has 0 amide bonds. The zero-order valence-electron chi connectivity index (χ0n) is 11.9. The van der Waals surface area contributed by atoms with Gasteiger partial charge in [-0.25, -0.2) is 4.98 Å². The molecule has 0 fully saturated rings. The van der Waals surface area contributed by atoms with E-state index in [1.807, 2.05) is 6.92 Å². The van der Waals surface area contributed by atoms with Gasteiger partial charge in [0.05, 0.1) is 29.5 Å². The van der Waals surface area contributed by atoms with E-state index in [1.54, 1.807) is 25.5 Å². The third kappa shape index (κ3) is 3.65. The normalized spacial score (nSPS) is 10.2. The van der Waals surface area contributed by atoms with Gasteiger partial charge in [-0.3, -0.25) is 15.1 Å². The van der Waals surface area contributed by atoms with E-state index in [2.05, 4.69) is 15.3 Å². The van der Waals surface area contributed by atoms with Gasteiger partial charge in [0.1, 0.15) is 11.6 Å². The van der Waals surface area contributed by atoms with Crippen LogP contribution in [-0.2, 0) is 0 Å². The Bertz CT molecular complexity index is 646. The quantitative estimate of drug-likeness (QED) is 0.649. The van der Waals surface area contributed by atoms with Crippen molar-refractivity contribution in [1.29, 1.82) is 0 Å². The number of aromatic nitrogens is 2. The fourth-order valence-corrected chi connectivity index (χ4v) is 1.76. The lowest BCUT2D eigenvalue weighted by molar-refractivity contribution is -0.384. The summed E-state index contributed by atoms with van der Waals surface area (Å²) in [6.07, 6.45) is 4.10. The van der Waals surface area contributed by atoms with E-state index in [4.69, 9.17) is 4.74 Å². The van der Waals surface area contributed by atoms with Crippen molar-refractivity contribution >= 4 is 11.5 Å². The van der Waals surface area contributed by atoms with Gasteiger partial charge in [-0.05, 0) is 12.5 Å². The molecular weight excluding hydrogens is 272 g/mol. The lowest BCUT2D eigenvalue weighted by Crippen LogP contribution is -1.99. The summed E-state index contributed by atoms with van der Waals surface area (Å²) in [5.41, 5.74) is 1.12. The summed E-state index contributed by atoms with van der Waals surface area (Å²) < 4.78 is 5.51. The summed E-state index contributed by atoms with van der Waals surface area (Å²) in [5, 5.41) is 13.8. The molecule has 7 nitrogen and oxygen atoms in total. The van der Waals surface area contributed by atoms with E-state index in [1.165, 1.54) is 12.1 Å². The van der Waals surface area contributed by atoms with E-state index in [0.717, 1.165) is 6.42 Å². The molecule has 0 aliphatic heterocycles. The molecule has 0 spiro atoms. The maximum atomic E-state index is 11.0. The van der Waals surface area contributed by atoms with Crippen LogP contribution in [0.5, 0.6) is 5.75 Å². The molecule has 21 heavy (non-hydrogen) atoms. The Kier molecular flexibility index (Phi) is 4.65. The monoisotopic (exact) mass is 288 g/mol. The van der Waals surface area contributed by atoms with Gasteiger partial charge in [-0.1, -0.05) is 6.92 Å². The van der Waals surface area contributed by atoms with Crippen LogP contribution in [-0.4, -0.2) is 28.5 Å². The third-order valence-electron chi connectivity index (χ3n) is 2.76. The molecule has 0 aliphatic rings. The molecule has 2 aromatic heterocycles. The molecular formula is C14H16N4O3. The summed E-state index contributed by atoms with van der Waals surface area (Å²) >= 11 is 0. The van der Waals surface area contributed by atoms with Gasteiger partial charge in [0, 0.05) is 24.9 Å². The summed E-state index contributed by atoms with van der Waals surface area (Å²) in [7, 11) is 1.66. The maximum Gasteiger partial charge on any atom is 0.275 e. The van der Waals surface area contributed by atoms with Crippen molar-refractivity contribution in [3.05, 3.63) is 40.7 Å². The summed E-state index contributed by atoms with van der Waals surface area (Å²) in [4.78, 5) is 18.9. The van der Waals surface area contributed by atoms with Crippen LogP contribution in [0.25, 0.3) is 11.3 Å². The molecule has 0 radical (unpaired) electrons. The minimum absolute atomic E-state index is 0.0239. The SMILES string of the molecule is CCCOc1cncc(-c2cc([N+](=O)[O-])cc(NC)n2)c1. The molecule has 0 saturated carbocycles. The molecule has 0 aromatic carbocycles. The highest BCUT2D eigenvalue weighted by Crippen LogP contribution is 2.26. The number of nitro groups is 1. The highest BCUT2D eigenvalue weighted by Gasteiger charge is 2.12. The van der Waals surface area contributed by atoms with Crippen molar-refractivity contribution in [2.75, 3.05) is 19.0 Å². The zero-order chi connectivity index (χ0) is 15.2. The first-order chi connectivity index (χ1) is 10.1. The molecule has 2 heterocycles. The molecule has 0 saturated heterocycles. The maximum absolute atomic E-state index is 11.0. The van der Waals surface area contributed by atoms with Crippen LogP contribution < -0.4 is 10.1 Å². The first-order valence-electron chi connectivity index (χ1n) is 6.56.